The van der Waals surface area contributed by atoms with E-state index in [1.165, 1.54) is 31.4 Å². The molecule has 1 aromatic carbocycles. The molecule has 0 fully saturated rings. The Hall–Kier alpha value is -2.84. The molecule has 1 heterocycles. The summed E-state index contributed by atoms with van der Waals surface area (Å²) in [7, 11) is 1.23. The number of carbonyl (C=O) groups is 2. The third kappa shape index (κ3) is 4.31. The van der Waals surface area contributed by atoms with Crippen molar-refractivity contribution in [1.82, 2.24) is 9.78 Å². The molecule has 0 radical (unpaired) electrons. The second-order valence-electron chi connectivity index (χ2n) is 4.39. The van der Waals surface area contributed by atoms with Crippen molar-refractivity contribution in [2.75, 3.05) is 7.11 Å². The van der Waals surface area contributed by atoms with E-state index in [1.54, 1.807) is 0 Å². The third-order valence-electron chi connectivity index (χ3n) is 2.73. The van der Waals surface area contributed by atoms with Crippen molar-refractivity contribution in [3.05, 3.63) is 47.8 Å². The van der Waals surface area contributed by atoms with Gasteiger partial charge in [0.2, 0.25) is 0 Å². The van der Waals surface area contributed by atoms with Gasteiger partial charge in [-0.25, -0.2) is 9.59 Å². The number of hydrogen-bond donors (Lipinski definition) is 0. The lowest BCUT2D eigenvalue weighted by atomic mass is 10.2. The van der Waals surface area contributed by atoms with Crippen LogP contribution in [0, 0.1) is 0 Å². The van der Waals surface area contributed by atoms with E-state index in [0.717, 1.165) is 16.9 Å². The molecule has 0 N–H and O–H groups in total. The van der Waals surface area contributed by atoms with Crippen LogP contribution in [0.1, 0.15) is 16.1 Å². The summed E-state index contributed by atoms with van der Waals surface area (Å²) in [5.74, 6) is -1.20. The molecule has 6 nitrogen and oxygen atoms in total. The monoisotopic (exact) mass is 328 g/mol. The zero-order chi connectivity index (χ0) is 17.0. The lowest BCUT2D eigenvalue weighted by molar-refractivity contribution is -0.142. The number of halogens is 3. The van der Waals surface area contributed by atoms with Crippen LogP contribution in [0.4, 0.5) is 13.2 Å². The maximum Gasteiger partial charge on any atom is 0.435 e. The van der Waals surface area contributed by atoms with E-state index in [9.17, 15) is 22.8 Å². The molecule has 2 aromatic rings. The van der Waals surface area contributed by atoms with Crippen LogP contribution in [-0.2, 0) is 22.3 Å². The van der Waals surface area contributed by atoms with E-state index in [4.69, 9.17) is 4.74 Å². The summed E-state index contributed by atoms with van der Waals surface area (Å²) in [5.41, 5.74) is -0.818. The molecule has 0 aliphatic rings. The lowest BCUT2D eigenvalue weighted by Gasteiger charge is -2.06. The van der Waals surface area contributed by atoms with E-state index in [1.807, 2.05) is 0 Å². The number of hydrogen-bond acceptors (Lipinski definition) is 5. The van der Waals surface area contributed by atoms with Crippen molar-refractivity contribution in [2.24, 2.45) is 0 Å². The topological polar surface area (TPSA) is 70.4 Å². The number of aromatic nitrogens is 2. The molecule has 0 spiro atoms. The van der Waals surface area contributed by atoms with Crippen LogP contribution in [0.2, 0.25) is 0 Å². The SMILES string of the molecule is COC(=O)c1ccc(OC(=O)Cn2ccc(C(F)(F)F)n2)cc1. The van der Waals surface area contributed by atoms with Gasteiger partial charge in [0, 0.05) is 6.20 Å². The average Bonchev–Trinajstić information content (AvgIpc) is 2.95. The number of alkyl halides is 3. The van der Waals surface area contributed by atoms with Crippen LogP contribution < -0.4 is 4.74 Å². The zero-order valence-electron chi connectivity index (χ0n) is 11.8. The maximum atomic E-state index is 12.4. The van der Waals surface area contributed by atoms with Gasteiger partial charge in [0.1, 0.15) is 12.3 Å². The quantitative estimate of drug-likeness (QED) is 0.636. The Bertz CT molecular complexity index is 708. The molecule has 0 bridgehead atoms. The van der Waals surface area contributed by atoms with Crippen LogP contribution in [0.5, 0.6) is 5.75 Å². The normalized spacial score (nSPS) is 11.1. The fourth-order valence-electron chi connectivity index (χ4n) is 1.67. The van der Waals surface area contributed by atoms with Gasteiger partial charge in [-0.3, -0.25) is 4.68 Å². The van der Waals surface area contributed by atoms with Gasteiger partial charge in [0.25, 0.3) is 0 Å². The smallest absolute Gasteiger partial charge is 0.435 e. The van der Waals surface area contributed by atoms with Crippen LogP contribution in [-0.4, -0.2) is 28.8 Å². The summed E-state index contributed by atoms with van der Waals surface area (Å²) in [5, 5.41) is 3.24. The van der Waals surface area contributed by atoms with E-state index in [0.29, 0.717) is 0 Å². The second-order valence-corrected chi connectivity index (χ2v) is 4.39. The number of methoxy groups -OCH3 is 1. The first-order chi connectivity index (χ1) is 10.8. The van der Waals surface area contributed by atoms with Crippen LogP contribution in [0.15, 0.2) is 36.5 Å². The van der Waals surface area contributed by atoms with Gasteiger partial charge >= 0.3 is 18.1 Å². The molecule has 0 aliphatic carbocycles. The van der Waals surface area contributed by atoms with Gasteiger partial charge in [-0.15, -0.1) is 0 Å². The lowest BCUT2D eigenvalue weighted by Crippen LogP contribution is -2.17. The first kappa shape index (κ1) is 16.5. The fraction of sp³-hybridized carbons (Fsp3) is 0.214. The van der Waals surface area contributed by atoms with Gasteiger partial charge in [-0.1, -0.05) is 0 Å². The molecule has 0 aliphatic heterocycles. The van der Waals surface area contributed by atoms with Crippen LogP contribution >= 0.6 is 0 Å². The molecule has 23 heavy (non-hydrogen) atoms. The van der Waals surface area contributed by atoms with E-state index in [-0.39, 0.29) is 11.3 Å². The number of esters is 2. The molecular weight excluding hydrogens is 317 g/mol. The predicted molar refractivity (Wildman–Crippen MR) is 70.6 cm³/mol. The first-order valence-electron chi connectivity index (χ1n) is 6.29. The van der Waals surface area contributed by atoms with E-state index in [2.05, 4.69) is 9.84 Å². The maximum absolute atomic E-state index is 12.4. The highest BCUT2D eigenvalue weighted by molar-refractivity contribution is 5.89. The molecule has 122 valence electrons. The molecule has 0 unspecified atom stereocenters. The van der Waals surface area contributed by atoms with Gasteiger partial charge in [-0.2, -0.15) is 18.3 Å². The Morgan fingerprint density at radius 3 is 2.35 bits per heavy atom. The Labute approximate surface area is 128 Å². The molecular formula is C14H11F3N2O4. The summed E-state index contributed by atoms with van der Waals surface area (Å²) < 4.78 is 47.5. The largest absolute Gasteiger partial charge is 0.465 e. The fourth-order valence-corrected chi connectivity index (χ4v) is 1.67. The minimum absolute atomic E-state index is 0.144. The molecule has 1 aromatic heterocycles. The van der Waals surface area contributed by atoms with Crippen molar-refractivity contribution in [1.29, 1.82) is 0 Å². The number of benzene rings is 1. The van der Waals surface area contributed by atoms with Gasteiger partial charge in [0.15, 0.2) is 5.69 Å². The Morgan fingerprint density at radius 1 is 1.17 bits per heavy atom. The van der Waals surface area contributed by atoms with E-state index < -0.39 is 30.4 Å². The Kier molecular flexibility index (Phi) is 4.68. The number of rotatable bonds is 4. The van der Waals surface area contributed by atoms with Crippen LogP contribution in [0.3, 0.4) is 0 Å². The highest BCUT2D eigenvalue weighted by Crippen LogP contribution is 2.27. The highest BCUT2D eigenvalue weighted by Gasteiger charge is 2.33. The minimum atomic E-state index is -4.57. The van der Waals surface area contributed by atoms with Crippen molar-refractivity contribution >= 4 is 11.9 Å². The Morgan fingerprint density at radius 2 is 1.83 bits per heavy atom. The Balaban J connectivity index is 1.97. The summed E-state index contributed by atoms with van der Waals surface area (Å²) in [6.45, 7) is -0.477. The third-order valence-corrected chi connectivity index (χ3v) is 2.73. The summed E-state index contributed by atoms with van der Waals surface area (Å²) >= 11 is 0. The van der Waals surface area contributed by atoms with Gasteiger partial charge < -0.3 is 9.47 Å². The molecule has 0 saturated carbocycles. The first-order valence-corrected chi connectivity index (χ1v) is 6.29. The van der Waals surface area contributed by atoms with E-state index >= 15 is 0 Å². The van der Waals surface area contributed by atoms with Crippen molar-refractivity contribution in [2.45, 2.75) is 12.7 Å². The zero-order valence-corrected chi connectivity index (χ0v) is 11.8. The number of ether oxygens (including phenoxy) is 2. The van der Waals surface area contributed by atoms with Crippen molar-refractivity contribution in [3.8, 4) is 5.75 Å². The van der Waals surface area contributed by atoms with Gasteiger partial charge in [0.05, 0.1) is 12.7 Å². The number of carbonyl (C=O) groups excluding carboxylic acids is 2. The number of nitrogens with zero attached hydrogens (tertiary/aromatic N) is 2. The molecule has 0 saturated heterocycles. The second kappa shape index (κ2) is 6.51. The van der Waals surface area contributed by atoms with Crippen molar-refractivity contribution in [3.63, 3.8) is 0 Å². The molecule has 0 amide bonds. The van der Waals surface area contributed by atoms with Gasteiger partial charge in [-0.05, 0) is 30.3 Å². The average molecular weight is 328 g/mol. The van der Waals surface area contributed by atoms with Crippen molar-refractivity contribution < 1.29 is 32.2 Å². The molecule has 0 atom stereocenters. The molecule has 2 rings (SSSR count). The standard InChI is InChI=1S/C14H11F3N2O4/c1-22-13(21)9-2-4-10(5-3-9)23-12(20)8-19-7-6-11(18-19)14(15,16)17/h2-7H,8H2,1H3. The highest BCUT2D eigenvalue weighted by atomic mass is 19.4. The summed E-state index contributed by atoms with van der Waals surface area (Å²) in [4.78, 5) is 22.9. The minimum Gasteiger partial charge on any atom is -0.465 e. The molecule has 9 heteroatoms. The summed E-state index contributed by atoms with van der Waals surface area (Å²) in [6, 6.07) is 6.29. The predicted octanol–water partition coefficient (Wildman–Crippen LogP) is 2.29. The summed E-state index contributed by atoms with van der Waals surface area (Å²) in [6.07, 6.45) is -3.54. The van der Waals surface area contributed by atoms with Crippen LogP contribution in [0.25, 0.3) is 0 Å².